The number of benzene rings is 1. The Hall–Kier alpha value is -0.970. The van der Waals surface area contributed by atoms with Gasteiger partial charge in [0, 0.05) is 36.9 Å². The van der Waals surface area contributed by atoms with Crippen LogP contribution in [0.2, 0.25) is 0 Å². The Morgan fingerprint density at radius 2 is 1.88 bits per heavy atom. The number of hydrogen-bond acceptors (Lipinski definition) is 3. The number of rotatable bonds is 5. The lowest BCUT2D eigenvalue weighted by Gasteiger charge is -2.28. The first kappa shape index (κ1) is 23.0. The van der Waals surface area contributed by atoms with Gasteiger partial charge in [-0.15, -0.1) is 24.8 Å². The summed E-state index contributed by atoms with van der Waals surface area (Å²) >= 11 is 0. The van der Waals surface area contributed by atoms with E-state index >= 15 is 0 Å². The van der Waals surface area contributed by atoms with Gasteiger partial charge in [0.1, 0.15) is 0 Å². The minimum absolute atomic E-state index is 0. The second-order valence-electron chi connectivity index (χ2n) is 6.92. The number of hydrogen-bond donors (Lipinski definition) is 1. The average molecular weight is 376 g/mol. The van der Waals surface area contributed by atoms with Crippen LogP contribution >= 0.6 is 24.8 Å². The van der Waals surface area contributed by atoms with E-state index in [2.05, 4.69) is 44.7 Å². The van der Waals surface area contributed by atoms with E-state index in [9.17, 15) is 4.79 Å². The molecule has 2 rings (SSSR count). The second kappa shape index (κ2) is 9.50. The number of amides is 1. The van der Waals surface area contributed by atoms with Crippen molar-refractivity contribution < 1.29 is 4.79 Å². The van der Waals surface area contributed by atoms with Gasteiger partial charge in [0.15, 0.2) is 0 Å². The van der Waals surface area contributed by atoms with Crippen LogP contribution in [0.1, 0.15) is 44.5 Å². The Morgan fingerprint density at radius 3 is 2.29 bits per heavy atom. The van der Waals surface area contributed by atoms with Crippen molar-refractivity contribution in [1.82, 2.24) is 4.90 Å². The van der Waals surface area contributed by atoms with Crippen molar-refractivity contribution in [2.75, 3.05) is 31.1 Å². The Kier molecular flexibility index (Phi) is 9.11. The molecule has 0 aliphatic carbocycles. The molecule has 1 fully saturated rings. The van der Waals surface area contributed by atoms with E-state index in [1.54, 1.807) is 0 Å². The van der Waals surface area contributed by atoms with Gasteiger partial charge in [0.2, 0.25) is 0 Å². The summed E-state index contributed by atoms with van der Waals surface area (Å²) in [4.78, 5) is 16.9. The Bertz CT molecular complexity index is 522. The van der Waals surface area contributed by atoms with Gasteiger partial charge in [-0.05, 0) is 63.4 Å². The largest absolute Gasteiger partial charge is 0.369 e. The fraction of sp³-hybridized carbons (Fsp3) is 0.611. The first-order valence-electron chi connectivity index (χ1n) is 8.26. The van der Waals surface area contributed by atoms with Gasteiger partial charge in [-0.25, -0.2) is 0 Å². The fourth-order valence-electron chi connectivity index (χ4n) is 3.19. The van der Waals surface area contributed by atoms with Crippen molar-refractivity contribution in [3.05, 3.63) is 29.8 Å². The van der Waals surface area contributed by atoms with Crippen LogP contribution in [0.5, 0.6) is 0 Å². The molecule has 1 aromatic carbocycles. The summed E-state index contributed by atoms with van der Waals surface area (Å²) in [5, 5.41) is 0. The third-order valence-electron chi connectivity index (χ3n) is 4.75. The van der Waals surface area contributed by atoms with Crippen molar-refractivity contribution in [2.45, 2.75) is 40.2 Å². The van der Waals surface area contributed by atoms with E-state index < -0.39 is 0 Å². The lowest BCUT2D eigenvalue weighted by atomic mass is 9.90. The first-order valence-corrected chi connectivity index (χ1v) is 8.26. The van der Waals surface area contributed by atoms with Gasteiger partial charge in [0.25, 0.3) is 5.91 Å². The van der Waals surface area contributed by atoms with E-state index in [0.717, 1.165) is 31.6 Å². The molecule has 1 atom stereocenters. The Labute approximate surface area is 158 Å². The van der Waals surface area contributed by atoms with Crippen LogP contribution in [0.25, 0.3) is 0 Å². The standard InChI is InChI=1S/C18H29N3O.2ClH/c1-5-21(14(2)3)16-8-6-15(7-9-16)17(22)20-11-10-18(4,12-19)13-20;;/h6-9,14H,5,10-13,19H2,1-4H3;2*1H. The molecule has 4 nitrogen and oxygen atoms in total. The summed E-state index contributed by atoms with van der Waals surface area (Å²) < 4.78 is 0. The topological polar surface area (TPSA) is 49.6 Å². The van der Waals surface area contributed by atoms with Crippen LogP contribution in [0.15, 0.2) is 24.3 Å². The zero-order valence-electron chi connectivity index (χ0n) is 15.1. The molecule has 0 radical (unpaired) electrons. The van der Waals surface area contributed by atoms with Crippen LogP contribution in [-0.4, -0.2) is 43.0 Å². The van der Waals surface area contributed by atoms with E-state index in [4.69, 9.17) is 5.73 Å². The lowest BCUT2D eigenvalue weighted by Crippen LogP contribution is -2.34. The molecule has 1 heterocycles. The molecule has 1 unspecified atom stereocenters. The molecule has 1 aliphatic heterocycles. The summed E-state index contributed by atoms with van der Waals surface area (Å²) in [6, 6.07) is 8.45. The van der Waals surface area contributed by atoms with Crippen LogP contribution in [0.4, 0.5) is 5.69 Å². The van der Waals surface area contributed by atoms with Crippen LogP contribution in [-0.2, 0) is 0 Å². The van der Waals surface area contributed by atoms with E-state index in [-0.39, 0.29) is 36.1 Å². The zero-order chi connectivity index (χ0) is 16.3. The Balaban J connectivity index is 0.00000264. The Morgan fingerprint density at radius 1 is 1.29 bits per heavy atom. The number of likely N-dealkylation sites (tertiary alicyclic amines) is 1. The van der Waals surface area contributed by atoms with Crippen LogP contribution in [0, 0.1) is 5.41 Å². The van der Waals surface area contributed by atoms with Crippen molar-refractivity contribution in [2.24, 2.45) is 11.1 Å². The van der Waals surface area contributed by atoms with Gasteiger partial charge in [-0.3, -0.25) is 4.79 Å². The molecule has 24 heavy (non-hydrogen) atoms. The van der Waals surface area contributed by atoms with Crippen molar-refractivity contribution in [3.8, 4) is 0 Å². The highest BCUT2D eigenvalue weighted by atomic mass is 35.5. The predicted molar refractivity (Wildman–Crippen MR) is 107 cm³/mol. The van der Waals surface area contributed by atoms with E-state index in [1.165, 1.54) is 5.69 Å². The third kappa shape index (κ3) is 5.01. The molecule has 0 saturated carbocycles. The number of carbonyl (C=O) groups excluding carboxylic acids is 1. The minimum atomic E-state index is 0. The molecule has 2 N–H and O–H groups in total. The summed E-state index contributed by atoms with van der Waals surface area (Å²) in [6.45, 7) is 11.8. The van der Waals surface area contributed by atoms with Crippen LogP contribution in [0.3, 0.4) is 0 Å². The summed E-state index contributed by atoms with van der Waals surface area (Å²) in [5.74, 6) is 0.122. The van der Waals surface area contributed by atoms with Crippen molar-refractivity contribution in [3.63, 3.8) is 0 Å². The molecule has 0 spiro atoms. The molecule has 1 aliphatic rings. The van der Waals surface area contributed by atoms with Gasteiger partial charge >= 0.3 is 0 Å². The molecular weight excluding hydrogens is 345 g/mol. The molecule has 1 aromatic rings. The molecule has 0 aromatic heterocycles. The molecule has 6 heteroatoms. The lowest BCUT2D eigenvalue weighted by molar-refractivity contribution is 0.0777. The number of halogens is 2. The first-order chi connectivity index (χ1) is 10.4. The number of nitrogens with zero attached hydrogens (tertiary/aromatic N) is 2. The third-order valence-corrected chi connectivity index (χ3v) is 4.75. The molecule has 138 valence electrons. The smallest absolute Gasteiger partial charge is 0.253 e. The number of nitrogens with two attached hydrogens (primary N) is 1. The molecule has 1 saturated heterocycles. The van der Waals surface area contributed by atoms with E-state index in [0.29, 0.717) is 12.6 Å². The zero-order valence-corrected chi connectivity index (χ0v) is 16.8. The van der Waals surface area contributed by atoms with Crippen molar-refractivity contribution in [1.29, 1.82) is 0 Å². The second-order valence-corrected chi connectivity index (χ2v) is 6.92. The fourth-order valence-corrected chi connectivity index (χ4v) is 3.19. The molecular formula is C18H31Cl2N3O. The van der Waals surface area contributed by atoms with Gasteiger partial charge in [-0.1, -0.05) is 6.92 Å². The summed E-state index contributed by atoms with van der Waals surface area (Å²) in [7, 11) is 0. The van der Waals surface area contributed by atoms with Gasteiger partial charge < -0.3 is 15.5 Å². The number of carbonyl (C=O) groups is 1. The molecule has 1 amide bonds. The van der Waals surface area contributed by atoms with Crippen molar-refractivity contribution >= 4 is 36.4 Å². The maximum atomic E-state index is 12.6. The van der Waals surface area contributed by atoms with Gasteiger partial charge in [-0.2, -0.15) is 0 Å². The van der Waals surface area contributed by atoms with E-state index in [1.807, 2.05) is 17.0 Å². The highest BCUT2D eigenvalue weighted by Crippen LogP contribution is 2.29. The highest BCUT2D eigenvalue weighted by Gasteiger charge is 2.35. The SMILES string of the molecule is CCN(c1ccc(C(=O)N2CCC(C)(CN)C2)cc1)C(C)C.Cl.Cl. The maximum absolute atomic E-state index is 12.6. The quantitative estimate of drug-likeness (QED) is 0.855. The average Bonchev–Trinajstić information content (AvgIpc) is 2.91. The summed E-state index contributed by atoms with van der Waals surface area (Å²) in [5.41, 5.74) is 7.84. The summed E-state index contributed by atoms with van der Waals surface area (Å²) in [6.07, 6.45) is 0.990. The minimum Gasteiger partial charge on any atom is -0.369 e. The maximum Gasteiger partial charge on any atom is 0.253 e. The molecule has 0 bridgehead atoms. The normalized spacial score (nSPS) is 19.7. The van der Waals surface area contributed by atoms with Gasteiger partial charge in [0.05, 0.1) is 0 Å². The van der Waals surface area contributed by atoms with Crippen LogP contribution < -0.4 is 10.6 Å². The highest BCUT2D eigenvalue weighted by molar-refractivity contribution is 5.94. The number of anilines is 1. The monoisotopic (exact) mass is 375 g/mol. The predicted octanol–water partition coefficient (Wildman–Crippen LogP) is 3.58.